The molecule has 1 aliphatic heterocycles. The molecule has 0 bridgehead atoms. The van der Waals surface area contributed by atoms with Crippen LogP contribution in [0.5, 0.6) is 0 Å². The van der Waals surface area contributed by atoms with Gasteiger partial charge in [0.2, 0.25) is 5.91 Å². The second-order valence-electron chi connectivity index (χ2n) is 8.94. The summed E-state index contributed by atoms with van der Waals surface area (Å²) >= 11 is 0. The Morgan fingerprint density at radius 2 is 1.91 bits per heavy atom. The fourth-order valence-electron chi connectivity index (χ4n) is 4.08. The summed E-state index contributed by atoms with van der Waals surface area (Å²) in [5.41, 5.74) is -0.674. The van der Waals surface area contributed by atoms with Crippen molar-refractivity contribution in [2.45, 2.75) is 52.0 Å². The number of hydrogen-bond acceptors (Lipinski definition) is 4. The van der Waals surface area contributed by atoms with Crippen LogP contribution in [0.15, 0.2) is 18.2 Å². The van der Waals surface area contributed by atoms with Crippen LogP contribution >= 0.6 is 0 Å². The molecule has 1 aromatic heterocycles. The van der Waals surface area contributed by atoms with Crippen LogP contribution in [0.1, 0.15) is 48.4 Å². The number of nitrogens with zero attached hydrogens (tertiary/aromatic N) is 3. The molecule has 2 aromatic rings. The maximum Gasteiger partial charge on any atom is 0.416 e. The minimum Gasteiger partial charge on any atom is -0.357 e. The van der Waals surface area contributed by atoms with E-state index in [0.29, 0.717) is 44.2 Å². The lowest BCUT2D eigenvalue weighted by atomic mass is 10.0. The molecule has 0 saturated heterocycles. The predicted octanol–water partition coefficient (Wildman–Crippen LogP) is 3.43. The molecule has 11 heteroatoms. The lowest BCUT2D eigenvalue weighted by Crippen LogP contribution is -2.46. The highest BCUT2D eigenvalue weighted by Gasteiger charge is 2.33. The first-order valence-electron chi connectivity index (χ1n) is 11.1. The third-order valence-corrected chi connectivity index (χ3v) is 5.74. The molecule has 1 aromatic carbocycles. The predicted molar refractivity (Wildman–Crippen MR) is 118 cm³/mol. The molecule has 2 amide bonds. The molecule has 0 fully saturated rings. The standard InChI is InChI=1S/C23H29F4N5O2/c1-13(2)10-17(21(33)28-3)29-22(34)19-18-12-31(4)8-5-9-32(18)20(30-19)15-7-6-14(11-16(15)24)23(25,26)27/h6-7,11,13,17H,5,8-10,12H2,1-4H3,(H,28,33)(H,29,34)/t17-/m0/s1. The smallest absolute Gasteiger partial charge is 0.357 e. The van der Waals surface area contributed by atoms with Crippen LogP contribution in [-0.4, -0.2) is 52.9 Å². The highest BCUT2D eigenvalue weighted by molar-refractivity contribution is 5.97. The van der Waals surface area contributed by atoms with Gasteiger partial charge < -0.3 is 20.1 Å². The molecule has 0 aliphatic carbocycles. The van der Waals surface area contributed by atoms with E-state index < -0.39 is 29.5 Å². The second-order valence-corrected chi connectivity index (χ2v) is 8.94. The summed E-state index contributed by atoms with van der Waals surface area (Å²) in [5.74, 6) is -1.80. The summed E-state index contributed by atoms with van der Waals surface area (Å²) in [7, 11) is 3.35. The van der Waals surface area contributed by atoms with Gasteiger partial charge in [-0.25, -0.2) is 9.37 Å². The second kappa shape index (κ2) is 10.1. The van der Waals surface area contributed by atoms with Gasteiger partial charge in [-0.15, -0.1) is 0 Å². The van der Waals surface area contributed by atoms with Gasteiger partial charge in [-0.2, -0.15) is 13.2 Å². The molecule has 7 nitrogen and oxygen atoms in total. The molecule has 3 rings (SSSR count). The zero-order chi connectivity index (χ0) is 25.2. The van der Waals surface area contributed by atoms with Crippen LogP contribution in [0.25, 0.3) is 11.4 Å². The fraction of sp³-hybridized carbons (Fsp3) is 0.522. The molecule has 186 valence electrons. The summed E-state index contributed by atoms with van der Waals surface area (Å²) < 4.78 is 55.5. The Labute approximate surface area is 195 Å². The number of alkyl halides is 3. The summed E-state index contributed by atoms with van der Waals surface area (Å²) in [6.07, 6.45) is -3.59. The number of amides is 2. The Balaban J connectivity index is 2.06. The van der Waals surface area contributed by atoms with E-state index in [9.17, 15) is 27.2 Å². The highest BCUT2D eigenvalue weighted by atomic mass is 19.4. The molecule has 0 unspecified atom stereocenters. The van der Waals surface area contributed by atoms with E-state index in [1.54, 1.807) is 4.57 Å². The number of halogens is 4. The monoisotopic (exact) mass is 483 g/mol. The van der Waals surface area contributed by atoms with Crippen LogP contribution in [0.2, 0.25) is 0 Å². The minimum absolute atomic E-state index is 0.0284. The van der Waals surface area contributed by atoms with E-state index in [4.69, 9.17) is 0 Å². The number of hydrogen-bond donors (Lipinski definition) is 2. The van der Waals surface area contributed by atoms with Crippen molar-refractivity contribution >= 4 is 11.8 Å². The van der Waals surface area contributed by atoms with Crippen LogP contribution in [0.4, 0.5) is 17.6 Å². The van der Waals surface area contributed by atoms with Gasteiger partial charge in [0.1, 0.15) is 17.7 Å². The molecule has 2 heterocycles. The number of rotatable bonds is 6. The van der Waals surface area contributed by atoms with Crippen molar-refractivity contribution in [1.29, 1.82) is 0 Å². The number of likely N-dealkylation sites (N-methyl/N-ethyl adjacent to an activating group) is 1. The maximum absolute atomic E-state index is 14.8. The fourth-order valence-corrected chi connectivity index (χ4v) is 4.08. The Kier molecular flexibility index (Phi) is 7.64. The number of fused-ring (bicyclic) bond motifs is 1. The van der Waals surface area contributed by atoms with Gasteiger partial charge >= 0.3 is 6.18 Å². The quantitative estimate of drug-likeness (QED) is 0.617. The lowest BCUT2D eigenvalue weighted by molar-refractivity contribution is -0.137. The van der Waals surface area contributed by atoms with E-state index in [-0.39, 0.29) is 28.9 Å². The zero-order valence-electron chi connectivity index (χ0n) is 19.6. The summed E-state index contributed by atoms with van der Waals surface area (Å²) in [6.45, 7) is 5.32. The number of carbonyl (C=O) groups excluding carboxylic acids is 2. The normalized spacial score (nSPS) is 15.6. The van der Waals surface area contributed by atoms with Crippen molar-refractivity contribution in [1.82, 2.24) is 25.1 Å². The Bertz CT molecular complexity index is 1060. The van der Waals surface area contributed by atoms with Crippen molar-refractivity contribution in [2.75, 3.05) is 20.6 Å². The van der Waals surface area contributed by atoms with Gasteiger partial charge in [-0.3, -0.25) is 9.59 Å². The van der Waals surface area contributed by atoms with Crippen LogP contribution in [-0.2, 0) is 24.1 Å². The van der Waals surface area contributed by atoms with Crippen LogP contribution in [0.3, 0.4) is 0 Å². The number of benzene rings is 1. The third kappa shape index (κ3) is 5.57. The van der Waals surface area contributed by atoms with Gasteiger partial charge in [0.15, 0.2) is 5.69 Å². The zero-order valence-corrected chi connectivity index (χ0v) is 19.6. The largest absolute Gasteiger partial charge is 0.416 e. The SMILES string of the molecule is CNC(=O)[C@H](CC(C)C)NC(=O)c1nc(-c2ccc(C(F)(F)F)cc2F)n2c1CN(C)CCC2. The Hall–Kier alpha value is -2.95. The van der Waals surface area contributed by atoms with Crippen molar-refractivity contribution in [3.8, 4) is 11.4 Å². The van der Waals surface area contributed by atoms with Crippen LogP contribution in [0, 0.1) is 11.7 Å². The number of imidazole rings is 1. The van der Waals surface area contributed by atoms with Crippen molar-refractivity contribution < 1.29 is 27.2 Å². The molecule has 0 saturated carbocycles. The number of nitrogens with one attached hydrogen (secondary N) is 2. The first-order chi connectivity index (χ1) is 15.9. The molecule has 1 aliphatic rings. The summed E-state index contributed by atoms with van der Waals surface area (Å²) in [6, 6.07) is 1.48. The third-order valence-electron chi connectivity index (χ3n) is 5.74. The first-order valence-corrected chi connectivity index (χ1v) is 11.1. The topological polar surface area (TPSA) is 79.3 Å². The highest BCUT2D eigenvalue weighted by Crippen LogP contribution is 2.34. The van der Waals surface area contributed by atoms with E-state index in [1.807, 2.05) is 25.8 Å². The minimum atomic E-state index is -4.68. The molecular weight excluding hydrogens is 454 g/mol. The average molecular weight is 484 g/mol. The van der Waals surface area contributed by atoms with Crippen molar-refractivity contribution in [3.63, 3.8) is 0 Å². The molecule has 34 heavy (non-hydrogen) atoms. The Morgan fingerprint density at radius 1 is 1.21 bits per heavy atom. The van der Waals surface area contributed by atoms with Gasteiger partial charge in [0.25, 0.3) is 5.91 Å². The number of aromatic nitrogens is 2. The molecule has 2 N–H and O–H groups in total. The molecule has 1 atom stereocenters. The van der Waals surface area contributed by atoms with Crippen molar-refractivity contribution in [3.05, 3.63) is 41.0 Å². The van der Waals surface area contributed by atoms with E-state index in [0.717, 1.165) is 12.1 Å². The first kappa shape index (κ1) is 25.7. The average Bonchev–Trinajstić information content (AvgIpc) is 2.97. The lowest BCUT2D eigenvalue weighted by Gasteiger charge is -2.19. The molecule has 0 spiro atoms. The van der Waals surface area contributed by atoms with Crippen molar-refractivity contribution in [2.24, 2.45) is 5.92 Å². The summed E-state index contributed by atoms with van der Waals surface area (Å²) in [5, 5.41) is 5.25. The van der Waals surface area contributed by atoms with E-state index in [2.05, 4.69) is 15.6 Å². The Morgan fingerprint density at radius 3 is 2.50 bits per heavy atom. The van der Waals surface area contributed by atoms with Gasteiger partial charge in [0.05, 0.1) is 16.8 Å². The van der Waals surface area contributed by atoms with Gasteiger partial charge in [-0.1, -0.05) is 13.8 Å². The van der Waals surface area contributed by atoms with Gasteiger partial charge in [-0.05, 0) is 50.6 Å². The van der Waals surface area contributed by atoms with Gasteiger partial charge in [0, 0.05) is 20.1 Å². The summed E-state index contributed by atoms with van der Waals surface area (Å²) in [4.78, 5) is 31.9. The number of carbonyl (C=O) groups is 2. The maximum atomic E-state index is 14.8. The molecular formula is C23H29F4N5O2. The van der Waals surface area contributed by atoms with E-state index >= 15 is 0 Å². The van der Waals surface area contributed by atoms with Crippen LogP contribution < -0.4 is 10.6 Å². The molecule has 0 radical (unpaired) electrons. The van der Waals surface area contributed by atoms with E-state index in [1.165, 1.54) is 7.05 Å².